The van der Waals surface area contributed by atoms with Crippen LogP contribution < -0.4 is 4.90 Å². The molecule has 2 nitrogen and oxygen atoms in total. The number of anilines is 3. The Morgan fingerprint density at radius 2 is 0.880 bits per heavy atom. The Balaban J connectivity index is 1.10. The number of fused-ring (bicyclic) bond motifs is 8. The minimum absolute atomic E-state index is 0.875. The molecule has 0 spiro atoms. The number of furan rings is 1. The summed E-state index contributed by atoms with van der Waals surface area (Å²) in [5, 5.41) is 9.90. The van der Waals surface area contributed by atoms with Gasteiger partial charge < -0.3 is 9.32 Å². The number of rotatable bonds is 5. The Bertz CT molecular complexity index is 2860. The smallest absolute Gasteiger partial charge is 0.137 e. The van der Waals surface area contributed by atoms with Gasteiger partial charge in [-0.1, -0.05) is 133 Å². The normalized spacial score (nSPS) is 11.6. The van der Waals surface area contributed by atoms with Gasteiger partial charge in [-0.25, -0.2) is 0 Å². The van der Waals surface area contributed by atoms with Crippen LogP contribution in [0.2, 0.25) is 0 Å². The van der Waals surface area contributed by atoms with Gasteiger partial charge in [0.15, 0.2) is 0 Å². The van der Waals surface area contributed by atoms with Crippen LogP contribution in [0.5, 0.6) is 0 Å². The van der Waals surface area contributed by atoms with Crippen LogP contribution in [0.25, 0.3) is 76.5 Å². The van der Waals surface area contributed by atoms with E-state index in [4.69, 9.17) is 4.42 Å². The van der Waals surface area contributed by atoms with Crippen molar-refractivity contribution in [1.82, 2.24) is 0 Å². The Hall–Kier alpha value is -6.64. The first kappa shape index (κ1) is 28.4. The van der Waals surface area contributed by atoms with Crippen molar-refractivity contribution >= 4 is 71.3 Å². The molecule has 0 atom stereocenters. The Labute approximate surface area is 290 Å². The molecule has 10 aromatic rings. The van der Waals surface area contributed by atoms with E-state index in [0.29, 0.717) is 0 Å². The average molecular weight is 638 g/mol. The van der Waals surface area contributed by atoms with Crippen LogP contribution in [0, 0.1) is 0 Å². The van der Waals surface area contributed by atoms with Crippen molar-refractivity contribution in [1.29, 1.82) is 0 Å². The van der Waals surface area contributed by atoms with Gasteiger partial charge in [0.1, 0.15) is 11.2 Å². The van der Waals surface area contributed by atoms with Gasteiger partial charge >= 0.3 is 0 Å². The average Bonchev–Trinajstić information content (AvgIpc) is 3.56. The predicted octanol–water partition coefficient (Wildman–Crippen LogP) is 13.8. The van der Waals surface area contributed by atoms with Crippen LogP contribution >= 0.6 is 0 Å². The quantitative estimate of drug-likeness (QED) is 0.175. The van der Waals surface area contributed by atoms with E-state index in [2.05, 4.69) is 181 Å². The third kappa shape index (κ3) is 4.73. The van der Waals surface area contributed by atoms with Crippen LogP contribution in [0.4, 0.5) is 17.1 Å². The van der Waals surface area contributed by atoms with Gasteiger partial charge in [0.05, 0.1) is 0 Å². The third-order valence-corrected chi connectivity index (χ3v) is 10.0. The summed E-state index contributed by atoms with van der Waals surface area (Å²) in [6, 6.07) is 67.5. The largest absolute Gasteiger partial charge is 0.456 e. The SMILES string of the molecule is c1ccc(-c2cccc(N(c3ccc(-c4ccc5ccc6ccc7ccccc7c6c5c4)cc3)c3ccc4c(c3)oc3ccccc34)c2)cc1. The highest BCUT2D eigenvalue weighted by molar-refractivity contribution is 6.20. The fourth-order valence-corrected chi connectivity index (χ4v) is 7.56. The summed E-state index contributed by atoms with van der Waals surface area (Å²) in [4.78, 5) is 2.32. The summed E-state index contributed by atoms with van der Waals surface area (Å²) in [6.45, 7) is 0. The second-order valence-corrected chi connectivity index (χ2v) is 13.0. The molecule has 10 rings (SSSR count). The Morgan fingerprint density at radius 1 is 0.300 bits per heavy atom. The lowest BCUT2D eigenvalue weighted by Crippen LogP contribution is -2.10. The maximum Gasteiger partial charge on any atom is 0.137 e. The molecule has 0 saturated heterocycles. The molecule has 0 aliphatic carbocycles. The first-order valence-electron chi connectivity index (χ1n) is 17.1. The first-order valence-corrected chi connectivity index (χ1v) is 17.1. The molecular formula is C48H31NO. The van der Waals surface area contributed by atoms with E-state index in [1.165, 1.54) is 54.6 Å². The Kier molecular flexibility index (Phi) is 6.53. The molecule has 0 radical (unpaired) electrons. The second kappa shape index (κ2) is 11.5. The Morgan fingerprint density at radius 3 is 1.74 bits per heavy atom. The highest BCUT2D eigenvalue weighted by Crippen LogP contribution is 2.41. The zero-order chi connectivity index (χ0) is 33.0. The van der Waals surface area contributed by atoms with E-state index < -0.39 is 0 Å². The van der Waals surface area contributed by atoms with Crippen LogP contribution in [0.3, 0.4) is 0 Å². The van der Waals surface area contributed by atoms with Gasteiger partial charge in [-0.3, -0.25) is 0 Å². The summed E-state index contributed by atoms with van der Waals surface area (Å²) in [5.74, 6) is 0. The molecule has 2 heteroatoms. The second-order valence-electron chi connectivity index (χ2n) is 13.0. The van der Waals surface area contributed by atoms with Crippen LogP contribution in [-0.2, 0) is 0 Å². The van der Waals surface area contributed by atoms with Crippen LogP contribution in [0.1, 0.15) is 0 Å². The van der Waals surface area contributed by atoms with Crippen molar-refractivity contribution in [2.75, 3.05) is 4.90 Å². The highest BCUT2D eigenvalue weighted by Gasteiger charge is 2.17. The van der Waals surface area contributed by atoms with E-state index in [1.807, 2.05) is 12.1 Å². The van der Waals surface area contributed by atoms with Gasteiger partial charge in [-0.15, -0.1) is 0 Å². The van der Waals surface area contributed by atoms with Crippen molar-refractivity contribution in [3.8, 4) is 22.3 Å². The van der Waals surface area contributed by atoms with E-state index >= 15 is 0 Å². The number of hydrogen-bond acceptors (Lipinski definition) is 2. The van der Waals surface area contributed by atoms with Gasteiger partial charge in [-0.05, 0) is 103 Å². The summed E-state index contributed by atoms with van der Waals surface area (Å²) in [7, 11) is 0. The monoisotopic (exact) mass is 637 g/mol. The maximum absolute atomic E-state index is 6.35. The maximum atomic E-state index is 6.35. The van der Waals surface area contributed by atoms with E-state index in [9.17, 15) is 0 Å². The molecule has 0 N–H and O–H groups in total. The summed E-state index contributed by atoms with van der Waals surface area (Å²) >= 11 is 0. The lowest BCUT2D eigenvalue weighted by atomic mass is 9.94. The summed E-state index contributed by atoms with van der Waals surface area (Å²) in [6.07, 6.45) is 0. The van der Waals surface area contributed by atoms with Crippen LogP contribution in [0.15, 0.2) is 192 Å². The molecular weight excluding hydrogens is 607 g/mol. The van der Waals surface area contributed by atoms with Crippen molar-refractivity contribution in [2.24, 2.45) is 0 Å². The fraction of sp³-hybridized carbons (Fsp3) is 0. The van der Waals surface area contributed by atoms with Gasteiger partial charge in [0, 0.05) is 33.9 Å². The minimum atomic E-state index is 0.875. The highest BCUT2D eigenvalue weighted by atomic mass is 16.3. The third-order valence-electron chi connectivity index (χ3n) is 10.0. The lowest BCUT2D eigenvalue weighted by Gasteiger charge is -2.26. The molecule has 1 aromatic heterocycles. The van der Waals surface area contributed by atoms with E-state index in [1.54, 1.807) is 0 Å². The zero-order valence-electron chi connectivity index (χ0n) is 27.3. The number of para-hydroxylation sites is 1. The lowest BCUT2D eigenvalue weighted by molar-refractivity contribution is 0.669. The topological polar surface area (TPSA) is 16.4 Å². The molecule has 1 heterocycles. The molecule has 9 aromatic carbocycles. The van der Waals surface area contributed by atoms with Crippen molar-refractivity contribution in [3.05, 3.63) is 188 Å². The van der Waals surface area contributed by atoms with E-state index in [0.717, 1.165) is 39.0 Å². The van der Waals surface area contributed by atoms with Crippen molar-refractivity contribution in [2.45, 2.75) is 0 Å². The standard InChI is InChI=1S/C48H31NO/c1-2-9-32(10-3-1)37-12-8-13-40(29-37)49(41-27-28-44-43-15-6-7-16-46(43)50-47(44)31-41)39-25-23-33(24-26-39)38-22-19-35-18-21-36-20-17-34-11-4-5-14-42(34)48(36)45(35)30-38/h1-31H. The van der Waals surface area contributed by atoms with Crippen molar-refractivity contribution < 1.29 is 4.42 Å². The molecule has 0 amide bonds. The molecule has 0 aliphatic rings. The summed E-state index contributed by atoms with van der Waals surface area (Å²) < 4.78 is 6.35. The molecule has 0 aliphatic heterocycles. The van der Waals surface area contributed by atoms with Gasteiger partial charge in [0.25, 0.3) is 0 Å². The zero-order valence-corrected chi connectivity index (χ0v) is 27.3. The minimum Gasteiger partial charge on any atom is -0.456 e. The molecule has 50 heavy (non-hydrogen) atoms. The molecule has 0 fully saturated rings. The summed E-state index contributed by atoms with van der Waals surface area (Å²) in [5.41, 5.74) is 9.71. The predicted molar refractivity (Wildman–Crippen MR) is 212 cm³/mol. The molecule has 0 unspecified atom stereocenters. The molecule has 234 valence electrons. The molecule has 0 bridgehead atoms. The van der Waals surface area contributed by atoms with Crippen molar-refractivity contribution in [3.63, 3.8) is 0 Å². The number of hydrogen-bond donors (Lipinski definition) is 0. The van der Waals surface area contributed by atoms with Crippen LogP contribution in [-0.4, -0.2) is 0 Å². The van der Waals surface area contributed by atoms with Gasteiger partial charge in [0.2, 0.25) is 0 Å². The van der Waals surface area contributed by atoms with Gasteiger partial charge in [-0.2, -0.15) is 0 Å². The molecule has 0 saturated carbocycles. The fourth-order valence-electron chi connectivity index (χ4n) is 7.56. The number of benzene rings is 9. The first-order chi connectivity index (χ1) is 24.8. The number of nitrogens with zero attached hydrogens (tertiary/aromatic N) is 1. The van der Waals surface area contributed by atoms with E-state index in [-0.39, 0.29) is 0 Å².